The van der Waals surface area contributed by atoms with Gasteiger partial charge in [0.2, 0.25) is 6.43 Å². The topological polar surface area (TPSA) is 35.0 Å². The van der Waals surface area contributed by atoms with Gasteiger partial charge in [-0.1, -0.05) is 131 Å². The Kier molecular flexibility index (Phi) is 10.3. The summed E-state index contributed by atoms with van der Waals surface area (Å²) >= 11 is 0. The molecule has 0 fully saturated rings. The Balaban J connectivity index is 0.00000451. The van der Waals surface area contributed by atoms with Gasteiger partial charge in [0.15, 0.2) is 0 Å². The molecular formula is C42H38F2N2OPt. The van der Waals surface area contributed by atoms with Crippen molar-refractivity contribution >= 4 is 10.8 Å². The SMILES string of the molecule is Cc1cc(Oc2[c-]c(-c3cc(-c4ccc(CC(C)(C)C(F)F)cc4)ccn3)cc3ccccc23)[c-]c(-c2cc(C(C)(C)C)ccn2)c1.[Pt+2]. The van der Waals surface area contributed by atoms with Gasteiger partial charge in [-0.3, -0.25) is 0 Å². The fraction of sp³-hybridized carbons (Fsp3) is 0.238. The molecule has 0 atom stereocenters. The van der Waals surface area contributed by atoms with E-state index in [2.05, 4.69) is 73.2 Å². The number of ether oxygens (including phenoxy) is 1. The minimum atomic E-state index is -2.38. The minimum absolute atomic E-state index is 0. The number of halogens is 2. The van der Waals surface area contributed by atoms with E-state index in [1.807, 2.05) is 73.8 Å². The fourth-order valence-corrected chi connectivity index (χ4v) is 5.63. The number of alkyl halides is 2. The smallest absolute Gasteiger partial charge is 0.496 e. The fourth-order valence-electron chi connectivity index (χ4n) is 5.63. The Morgan fingerprint density at radius 2 is 1.40 bits per heavy atom. The predicted molar refractivity (Wildman–Crippen MR) is 187 cm³/mol. The maximum atomic E-state index is 13.4. The number of nitrogens with zero attached hydrogens (tertiary/aromatic N) is 2. The molecule has 48 heavy (non-hydrogen) atoms. The van der Waals surface area contributed by atoms with Crippen molar-refractivity contribution in [3.05, 3.63) is 132 Å². The van der Waals surface area contributed by atoms with Gasteiger partial charge in [-0.25, -0.2) is 8.78 Å². The van der Waals surface area contributed by atoms with Crippen LogP contribution in [-0.4, -0.2) is 16.4 Å². The Morgan fingerprint density at radius 3 is 2.10 bits per heavy atom. The van der Waals surface area contributed by atoms with Crippen LogP contribution in [0, 0.1) is 24.5 Å². The molecule has 246 valence electrons. The molecule has 0 saturated carbocycles. The summed E-state index contributed by atoms with van der Waals surface area (Å²) in [7, 11) is 0. The maximum absolute atomic E-state index is 13.4. The van der Waals surface area contributed by atoms with Crippen LogP contribution in [0.15, 0.2) is 103 Å². The molecule has 0 N–H and O–H groups in total. The van der Waals surface area contributed by atoms with E-state index in [1.54, 1.807) is 20.0 Å². The molecule has 2 aromatic heterocycles. The normalized spacial score (nSPS) is 11.9. The van der Waals surface area contributed by atoms with E-state index in [0.717, 1.165) is 55.5 Å². The third kappa shape index (κ3) is 7.90. The predicted octanol–water partition coefficient (Wildman–Crippen LogP) is 11.5. The number of benzene rings is 4. The zero-order valence-electron chi connectivity index (χ0n) is 28.0. The zero-order chi connectivity index (χ0) is 33.3. The van der Waals surface area contributed by atoms with Crippen molar-refractivity contribution in [2.45, 2.75) is 59.8 Å². The average Bonchev–Trinajstić information content (AvgIpc) is 3.04. The Bertz CT molecular complexity index is 2050. The van der Waals surface area contributed by atoms with Crippen molar-refractivity contribution in [2.75, 3.05) is 0 Å². The second-order valence-corrected chi connectivity index (χ2v) is 13.9. The average molecular weight is 820 g/mol. The molecule has 0 aliphatic carbocycles. The van der Waals surface area contributed by atoms with Crippen LogP contribution >= 0.6 is 0 Å². The largest absolute Gasteiger partial charge is 2.00 e. The van der Waals surface area contributed by atoms with E-state index in [4.69, 9.17) is 4.74 Å². The quantitative estimate of drug-likeness (QED) is 0.144. The molecule has 3 nitrogen and oxygen atoms in total. The first-order chi connectivity index (χ1) is 22.4. The molecule has 6 aromatic rings. The van der Waals surface area contributed by atoms with Crippen LogP contribution in [0.2, 0.25) is 0 Å². The van der Waals surface area contributed by atoms with Gasteiger partial charge in [0, 0.05) is 23.6 Å². The summed E-state index contributed by atoms with van der Waals surface area (Å²) in [6.07, 6.45) is 1.55. The molecule has 0 aliphatic heterocycles. The third-order valence-corrected chi connectivity index (χ3v) is 8.43. The molecule has 4 aromatic carbocycles. The van der Waals surface area contributed by atoms with Gasteiger partial charge in [-0.15, -0.1) is 28.8 Å². The van der Waals surface area contributed by atoms with Crippen LogP contribution < -0.4 is 4.74 Å². The second kappa shape index (κ2) is 14.1. The summed E-state index contributed by atoms with van der Waals surface area (Å²) in [5, 5.41) is 1.93. The van der Waals surface area contributed by atoms with Crippen molar-refractivity contribution in [1.82, 2.24) is 9.97 Å². The van der Waals surface area contributed by atoms with Gasteiger partial charge in [0.1, 0.15) is 0 Å². The van der Waals surface area contributed by atoms with Crippen molar-refractivity contribution in [1.29, 1.82) is 0 Å². The molecule has 0 saturated heterocycles. The van der Waals surface area contributed by atoms with E-state index >= 15 is 0 Å². The van der Waals surface area contributed by atoms with E-state index in [1.165, 1.54) is 5.56 Å². The number of pyridine rings is 2. The van der Waals surface area contributed by atoms with Gasteiger partial charge >= 0.3 is 21.1 Å². The van der Waals surface area contributed by atoms with Crippen molar-refractivity contribution in [2.24, 2.45) is 5.41 Å². The summed E-state index contributed by atoms with van der Waals surface area (Å²) in [6, 6.07) is 37.1. The maximum Gasteiger partial charge on any atom is 2.00 e. The number of hydrogen-bond acceptors (Lipinski definition) is 3. The number of rotatable bonds is 8. The molecule has 6 rings (SSSR count). The zero-order valence-corrected chi connectivity index (χ0v) is 30.2. The molecule has 0 unspecified atom stereocenters. The summed E-state index contributed by atoms with van der Waals surface area (Å²) in [4.78, 5) is 9.33. The van der Waals surface area contributed by atoms with Gasteiger partial charge in [0.25, 0.3) is 0 Å². The number of fused-ring (bicyclic) bond motifs is 1. The Labute approximate surface area is 296 Å². The molecular weight excluding hydrogens is 782 g/mol. The van der Waals surface area contributed by atoms with Gasteiger partial charge in [-0.05, 0) is 57.6 Å². The summed E-state index contributed by atoms with van der Waals surface area (Å²) in [6.45, 7) is 11.8. The number of hydrogen-bond donors (Lipinski definition) is 0. The van der Waals surface area contributed by atoms with Crippen molar-refractivity contribution in [3.63, 3.8) is 0 Å². The first-order valence-electron chi connectivity index (χ1n) is 15.8. The van der Waals surface area contributed by atoms with Crippen LogP contribution in [0.3, 0.4) is 0 Å². The van der Waals surface area contributed by atoms with Crippen LogP contribution in [0.5, 0.6) is 11.5 Å². The molecule has 0 aliphatic rings. The number of aryl methyl sites for hydroxylation is 1. The van der Waals surface area contributed by atoms with Crippen molar-refractivity contribution in [3.8, 4) is 45.1 Å². The molecule has 2 heterocycles. The third-order valence-electron chi connectivity index (χ3n) is 8.43. The minimum Gasteiger partial charge on any atom is -0.496 e. The summed E-state index contributed by atoms with van der Waals surface area (Å²) in [5.41, 5.74) is 7.25. The van der Waals surface area contributed by atoms with Gasteiger partial charge in [0.05, 0.1) is 5.75 Å². The van der Waals surface area contributed by atoms with Gasteiger partial charge < -0.3 is 14.7 Å². The van der Waals surface area contributed by atoms with Crippen molar-refractivity contribution < 1.29 is 34.6 Å². The van der Waals surface area contributed by atoms with Crippen LogP contribution in [0.1, 0.15) is 51.3 Å². The summed E-state index contributed by atoms with van der Waals surface area (Å²) in [5.74, 6) is 1.17. The van der Waals surface area contributed by atoms with E-state index < -0.39 is 11.8 Å². The summed E-state index contributed by atoms with van der Waals surface area (Å²) < 4.78 is 33.4. The second-order valence-electron chi connectivity index (χ2n) is 13.9. The van der Waals surface area contributed by atoms with Gasteiger partial charge in [-0.2, -0.15) is 0 Å². The standard InChI is InChI=1S/C42H38F2N2O.Pt/c1-27-19-32(38-25-34(16-18-46-38)41(2,3)4)22-35(20-27)47-39-24-33(21-31-9-7-8-10-36(31)39)37-23-30(15-17-45-37)29-13-11-28(12-14-29)26-42(5,6)40(43)44;/h7-21,23,25,40H,26H2,1-6H3;/q-2;+2. The van der Waals surface area contributed by atoms with E-state index in [-0.39, 0.29) is 26.5 Å². The monoisotopic (exact) mass is 819 g/mol. The number of aromatic nitrogens is 2. The molecule has 0 spiro atoms. The Hall–Kier alpha value is -4.21. The molecule has 0 radical (unpaired) electrons. The molecule has 0 amide bonds. The van der Waals surface area contributed by atoms with E-state index in [0.29, 0.717) is 17.9 Å². The molecule has 6 heteroatoms. The Morgan fingerprint density at radius 1 is 0.729 bits per heavy atom. The van der Waals surface area contributed by atoms with Crippen LogP contribution in [0.25, 0.3) is 44.4 Å². The first-order valence-corrected chi connectivity index (χ1v) is 15.8. The van der Waals surface area contributed by atoms with Crippen LogP contribution in [0.4, 0.5) is 8.78 Å². The van der Waals surface area contributed by atoms with Crippen LogP contribution in [-0.2, 0) is 32.9 Å². The van der Waals surface area contributed by atoms with E-state index in [9.17, 15) is 8.78 Å². The molecule has 0 bridgehead atoms. The first kappa shape index (κ1) is 35.1.